The molecule has 1 saturated heterocycles. The van der Waals surface area contributed by atoms with Crippen LogP contribution >= 0.6 is 0 Å². The minimum Gasteiger partial charge on any atom is -0.448 e. The van der Waals surface area contributed by atoms with Crippen molar-refractivity contribution < 1.29 is 9.53 Å². The topological polar surface area (TPSA) is 92.5 Å². The van der Waals surface area contributed by atoms with Gasteiger partial charge in [-0.05, 0) is 56.1 Å². The molecule has 4 N–H and O–H groups in total. The maximum absolute atomic E-state index is 12.7. The van der Waals surface area contributed by atoms with Crippen LogP contribution in [-0.2, 0) is 4.74 Å². The van der Waals surface area contributed by atoms with Crippen LogP contribution in [0.25, 0.3) is 0 Å². The van der Waals surface area contributed by atoms with E-state index in [-0.39, 0.29) is 0 Å². The van der Waals surface area contributed by atoms with Crippen LogP contribution in [-0.4, -0.2) is 30.8 Å². The third-order valence-electron chi connectivity index (χ3n) is 4.20. The van der Waals surface area contributed by atoms with Crippen molar-refractivity contribution in [3.05, 3.63) is 48.8 Å². The van der Waals surface area contributed by atoms with Gasteiger partial charge in [-0.2, -0.15) is 5.01 Å². The van der Waals surface area contributed by atoms with Crippen LogP contribution in [0.5, 0.6) is 0 Å². The summed E-state index contributed by atoms with van der Waals surface area (Å²) >= 11 is 0. The van der Waals surface area contributed by atoms with Crippen LogP contribution < -0.4 is 21.5 Å². The SMILES string of the molecule is Nc1ccccc1NN(C(=O)OCC1CCNCC1)c1ccncc1. The second kappa shape index (κ2) is 8.34. The summed E-state index contributed by atoms with van der Waals surface area (Å²) in [5, 5.41) is 4.66. The third-order valence-corrected chi connectivity index (χ3v) is 4.20. The normalized spacial score (nSPS) is 14.7. The van der Waals surface area contributed by atoms with Crippen molar-refractivity contribution >= 4 is 23.2 Å². The summed E-state index contributed by atoms with van der Waals surface area (Å²) in [4.78, 5) is 16.7. The Morgan fingerprint density at radius 1 is 1.24 bits per heavy atom. The first kappa shape index (κ1) is 17.0. The highest BCUT2D eigenvalue weighted by Crippen LogP contribution is 2.22. The number of benzene rings is 1. The highest BCUT2D eigenvalue weighted by molar-refractivity contribution is 5.90. The number of nitrogens with one attached hydrogen (secondary N) is 2. The quantitative estimate of drug-likeness (QED) is 0.572. The minimum absolute atomic E-state index is 0.395. The van der Waals surface area contributed by atoms with E-state index < -0.39 is 6.09 Å². The molecular formula is C18H23N5O2. The number of nitrogens with zero attached hydrogens (tertiary/aromatic N) is 2. The first-order chi connectivity index (χ1) is 12.2. The standard InChI is InChI=1S/C18H23N5O2/c19-16-3-1-2-4-17(16)22-23(15-7-11-21-12-8-15)18(24)25-13-14-5-9-20-10-6-14/h1-4,7-8,11-12,14,20,22H,5-6,9-10,13,19H2. The molecule has 0 bridgehead atoms. The minimum atomic E-state index is -0.465. The number of hydrogen-bond acceptors (Lipinski definition) is 6. The van der Waals surface area contributed by atoms with Gasteiger partial charge in [0.25, 0.3) is 0 Å². The molecule has 1 amide bonds. The van der Waals surface area contributed by atoms with Crippen molar-refractivity contribution in [3.8, 4) is 0 Å². The number of aromatic nitrogens is 1. The lowest BCUT2D eigenvalue weighted by Crippen LogP contribution is -2.39. The molecule has 1 fully saturated rings. The van der Waals surface area contributed by atoms with Gasteiger partial charge in [0.15, 0.2) is 0 Å². The van der Waals surface area contributed by atoms with Gasteiger partial charge in [0.1, 0.15) is 0 Å². The molecule has 0 radical (unpaired) electrons. The van der Waals surface area contributed by atoms with Crippen molar-refractivity contribution in [3.63, 3.8) is 0 Å². The van der Waals surface area contributed by atoms with Crippen LogP contribution in [0, 0.1) is 5.92 Å². The Morgan fingerprint density at radius 3 is 2.68 bits per heavy atom. The Morgan fingerprint density at radius 2 is 1.96 bits per heavy atom. The van der Waals surface area contributed by atoms with Crippen LogP contribution in [0.4, 0.5) is 21.9 Å². The van der Waals surface area contributed by atoms with Gasteiger partial charge in [-0.15, -0.1) is 0 Å². The summed E-state index contributed by atoms with van der Waals surface area (Å²) in [6.45, 7) is 2.35. The number of para-hydroxylation sites is 2. The number of amides is 1. The summed E-state index contributed by atoms with van der Waals surface area (Å²) in [5.74, 6) is 0.395. The molecular weight excluding hydrogens is 318 g/mol. The Bertz CT molecular complexity index is 689. The second-order valence-corrected chi connectivity index (χ2v) is 6.01. The van der Waals surface area contributed by atoms with E-state index in [0.29, 0.717) is 29.6 Å². The second-order valence-electron chi connectivity index (χ2n) is 6.01. The zero-order valence-electron chi connectivity index (χ0n) is 14.0. The molecule has 1 aliphatic heterocycles. The van der Waals surface area contributed by atoms with E-state index in [9.17, 15) is 4.79 Å². The molecule has 1 aromatic heterocycles. The fourth-order valence-corrected chi connectivity index (χ4v) is 2.73. The molecule has 25 heavy (non-hydrogen) atoms. The van der Waals surface area contributed by atoms with Crippen molar-refractivity contribution in [1.29, 1.82) is 0 Å². The first-order valence-electron chi connectivity index (χ1n) is 8.43. The highest BCUT2D eigenvalue weighted by atomic mass is 16.6. The molecule has 0 aliphatic carbocycles. The maximum atomic E-state index is 12.7. The summed E-state index contributed by atoms with van der Waals surface area (Å²) in [6.07, 6.45) is 4.81. The Balaban J connectivity index is 1.71. The Hall–Kier alpha value is -2.80. The monoisotopic (exact) mass is 341 g/mol. The number of ether oxygens (including phenoxy) is 1. The fraction of sp³-hybridized carbons (Fsp3) is 0.333. The van der Waals surface area contributed by atoms with E-state index in [1.807, 2.05) is 18.2 Å². The Labute approximate surface area is 147 Å². The van der Waals surface area contributed by atoms with Crippen LogP contribution in [0.1, 0.15) is 12.8 Å². The smallest absolute Gasteiger partial charge is 0.433 e. The fourth-order valence-electron chi connectivity index (χ4n) is 2.73. The summed E-state index contributed by atoms with van der Waals surface area (Å²) in [6, 6.07) is 10.7. The molecule has 7 heteroatoms. The number of nitrogen functional groups attached to an aromatic ring is 1. The molecule has 132 valence electrons. The van der Waals surface area contributed by atoms with Gasteiger partial charge in [0.2, 0.25) is 0 Å². The van der Waals surface area contributed by atoms with Crippen LogP contribution in [0.2, 0.25) is 0 Å². The number of nitrogens with two attached hydrogens (primary N) is 1. The lowest BCUT2D eigenvalue weighted by Gasteiger charge is -2.27. The van der Waals surface area contributed by atoms with Gasteiger partial charge in [-0.3, -0.25) is 10.4 Å². The average molecular weight is 341 g/mol. The van der Waals surface area contributed by atoms with Gasteiger partial charge in [-0.25, -0.2) is 4.79 Å². The number of carbonyl (C=O) groups is 1. The van der Waals surface area contributed by atoms with E-state index >= 15 is 0 Å². The lowest BCUT2D eigenvalue weighted by molar-refractivity contribution is 0.125. The van der Waals surface area contributed by atoms with E-state index in [1.54, 1.807) is 30.6 Å². The summed E-state index contributed by atoms with van der Waals surface area (Å²) in [5.41, 5.74) is 10.8. The average Bonchev–Trinajstić information content (AvgIpc) is 2.67. The van der Waals surface area contributed by atoms with Crippen LogP contribution in [0.3, 0.4) is 0 Å². The molecule has 1 aromatic carbocycles. The molecule has 0 spiro atoms. The van der Waals surface area contributed by atoms with Crippen molar-refractivity contribution in [2.24, 2.45) is 5.92 Å². The summed E-state index contributed by atoms with van der Waals surface area (Å²) in [7, 11) is 0. The zero-order valence-corrected chi connectivity index (χ0v) is 14.0. The van der Waals surface area contributed by atoms with Crippen LogP contribution in [0.15, 0.2) is 48.8 Å². The van der Waals surface area contributed by atoms with Crippen molar-refractivity contribution in [1.82, 2.24) is 10.3 Å². The van der Waals surface area contributed by atoms with E-state index in [4.69, 9.17) is 10.5 Å². The van der Waals surface area contributed by atoms with Crippen molar-refractivity contribution in [2.75, 3.05) is 35.9 Å². The Kier molecular flexibility index (Phi) is 5.69. The molecule has 0 unspecified atom stereocenters. The molecule has 0 saturated carbocycles. The largest absolute Gasteiger partial charge is 0.448 e. The number of pyridine rings is 1. The zero-order chi connectivity index (χ0) is 17.5. The number of anilines is 3. The van der Waals surface area contributed by atoms with E-state index in [2.05, 4.69) is 15.7 Å². The molecule has 2 heterocycles. The number of carbonyl (C=O) groups excluding carboxylic acids is 1. The predicted octanol–water partition coefficient (Wildman–Crippen LogP) is 2.63. The number of hydrogen-bond donors (Lipinski definition) is 3. The highest BCUT2D eigenvalue weighted by Gasteiger charge is 2.21. The van der Waals surface area contributed by atoms with E-state index in [1.165, 1.54) is 5.01 Å². The molecule has 3 rings (SSSR count). The number of rotatable bonds is 5. The third kappa shape index (κ3) is 4.60. The first-order valence-corrected chi connectivity index (χ1v) is 8.43. The van der Waals surface area contributed by atoms with Gasteiger partial charge in [0, 0.05) is 12.4 Å². The molecule has 1 aliphatic rings. The predicted molar refractivity (Wildman–Crippen MR) is 98.1 cm³/mol. The van der Waals surface area contributed by atoms with Gasteiger partial charge in [-0.1, -0.05) is 12.1 Å². The number of piperidine rings is 1. The van der Waals surface area contributed by atoms with E-state index in [0.717, 1.165) is 25.9 Å². The van der Waals surface area contributed by atoms with Gasteiger partial charge < -0.3 is 15.8 Å². The summed E-state index contributed by atoms with van der Waals surface area (Å²) < 4.78 is 5.55. The molecule has 7 nitrogen and oxygen atoms in total. The molecule has 0 atom stereocenters. The maximum Gasteiger partial charge on any atom is 0.433 e. The van der Waals surface area contributed by atoms with Gasteiger partial charge >= 0.3 is 6.09 Å². The number of hydrazine groups is 1. The molecule has 2 aromatic rings. The van der Waals surface area contributed by atoms with Crippen molar-refractivity contribution in [2.45, 2.75) is 12.8 Å². The lowest BCUT2D eigenvalue weighted by atomic mass is 9.99. The van der Waals surface area contributed by atoms with Gasteiger partial charge in [0.05, 0.1) is 23.7 Å².